The molecule has 1 fully saturated rings. The van der Waals surface area contributed by atoms with Crippen LogP contribution in [0.5, 0.6) is 11.5 Å². The van der Waals surface area contributed by atoms with Gasteiger partial charge in [0.2, 0.25) is 0 Å². The van der Waals surface area contributed by atoms with Crippen molar-refractivity contribution in [2.24, 2.45) is 0 Å². The molecular weight excluding hydrogens is 315 g/mol. The zero-order chi connectivity index (χ0) is 16.4. The molecule has 1 aliphatic heterocycles. The van der Waals surface area contributed by atoms with E-state index in [1.54, 1.807) is 18.2 Å². The van der Waals surface area contributed by atoms with Crippen LogP contribution in [0, 0.1) is 10.1 Å². The van der Waals surface area contributed by atoms with Crippen LogP contribution in [0.1, 0.15) is 6.92 Å². The highest BCUT2D eigenvalue weighted by molar-refractivity contribution is 7.55. The zero-order valence-electron chi connectivity index (χ0n) is 12.4. The van der Waals surface area contributed by atoms with Crippen LogP contribution in [0.3, 0.4) is 0 Å². The van der Waals surface area contributed by atoms with Crippen molar-refractivity contribution in [1.82, 2.24) is 0 Å². The molecule has 22 heavy (non-hydrogen) atoms. The summed E-state index contributed by atoms with van der Waals surface area (Å²) in [7, 11) is -0.772. The minimum atomic E-state index is -3.72. The molecule has 2 rings (SSSR count). The molecule has 0 aromatic heterocycles. The van der Waals surface area contributed by atoms with Crippen LogP contribution >= 0.6 is 7.75 Å². The molecule has 1 aromatic carbocycles. The number of hydrogen-bond donors (Lipinski definition) is 1. The summed E-state index contributed by atoms with van der Waals surface area (Å²) in [5.41, 5.74) is -1.08. The van der Waals surface area contributed by atoms with Crippen LogP contribution in [-0.4, -0.2) is 37.9 Å². The number of ether oxygens (including phenoxy) is 2. The van der Waals surface area contributed by atoms with Crippen molar-refractivity contribution < 1.29 is 28.0 Å². The molecule has 0 unspecified atom stereocenters. The van der Waals surface area contributed by atoms with Gasteiger partial charge in [-0.1, -0.05) is 0 Å². The maximum Gasteiger partial charge on any atom is 0.433 e. The van der Waals surface area contributed by atoms with E-state index in [0.717, 1.165) is 0 Å². The summed E-state index contributed by atoms with van der Waals surface area (Å²) in [6, 6.07) is 4.86. The number of nitrogens with zero attached hydrogens (tertiary/aromatic N) is 1. The highest BCUT2D eigenvalue weighted by Crippen LogP contribution is 2.53. The third kappa shape index (κ3) is 3.32. The van der Waals surface area contributed by atoms with E-state index >= 15 is 0 Å². The van der Waals surface area contributed by atoms with E-state index in [0.29, 0.717) is 17.2 Å². The van der Waals surface area contributed by atoms with Crippen molar-refractivity contribution >= 4 is 13.4 Å². The Kier molecular flexibility index (Phi) is 4.60. The predicted molar refractivity (Wildman–Crippen MR) is 78.1 cm³/mol. The van der Waals surface area contributed by atoms with E-state index in [2.05, 4.69) is 5.09 Å². The van der Waals surface area contributed by atoms with E-state index < -0.39 is 18.2 Å². The number of hydrogen-bond acceptors (Lipinski definition) is 7. The van der Waals surface area contributed by atoms with Crippen molar-refractivity contribution in [3.8, 4) is 11.5 Å². The fourth-order valence-corrected chi connectivity index (χ4v) is 3.32. The lowest BCUT2D eigenvalue weighted by atomic mass is 10.1. The molecule has 1 heterocycles. The molecule has 122 valence electrons. The summed E-state index contributed by atoms with van der Waals surface area (Å²) in [5, 5.41) is 13.5. The first-order valence-corrected chi connectivity index (χ1v) is 7.90. The van der Waals surface area contributed by atoms with Gasteiger partial charge in [-0.05, 0) is 12.1 Å². The molecule has 0 amide bonds. The molecule has 0 spiro atoms. The van der Waals surface area contributed by atoms with Gasteiger partial charge in [0.1, 0.15) is 24.7 Å². The Hall–Kier alpha value is -1.83. The largest absolute Gasteiger partial charge is 0.497 e. The standard InChI is InChI=1S/C12H17N2O7P/c1-12(14(15)16)7-20-22(17,21-8-12)13-10-6-9(18-2)4-5-11(10)19-3/h4-6H,7-8H2,1-3H3,(H,13,17). The van der Waals surface area contributed by atoms with E-state index in [9.17, 15) is 14.7 Å². The Labute approximate surface area is 127 Å². The molecule has 0 aliphatic carbocycles. The zero-order valence-corrected chi connectivity index (χ0v) is 13.3. The summed E-state index contributed by atoms with van der Waals surface area (Å²) in [5.74, 6) is 0.924. The molecule has 0 atom stereocenters. The maximum absolute atomic E-state index is 12.5. The minimum absolute atomic E-state index is 0.323. The SMILES string of the molecule is COc1ccc(OC)c(NP2(=O)OCC(C)([N+](=O)[O-])CO2)c1. The second-order valence-electron chi connectivity index (χ2n) is 4.98. The van der Waals surface area contributed by atoms with Gasteiger partial charge in [-0.15, -0.1) is 0 Å². The van der Waals surface area contributed by atoms with Gasteiger partial charge in [0.05, 0.1) is 19.9 Å². The molecule has 9 nitrogen and oxygen atoms in total. The molecule has 1 aliphatic rings. The number of nitro groups is 1. The van der Waals surface area contributed by atoms with Crippen molar-refractivity contribution in [1.29, 1.82) is 0 Å². The summed E-state index contributed by atoms with van der Waals surface area (Å²) in [6.07, 6.45) is 0. The van der Waals surface area contributed by atoms with Crippen LogP contribution in [0.15, 0.2) is 18.2 Å². The quantitative estimate of drug-likeness (QED) is 0.497. The van der Waals surface area contributed by atoms with Crippen LogP contribution < -0.4 is 14.6 Å². The minimum Gasteiger partial charge on any atom is -0.497 e. The number of nitrogens with one attached hydrogen (secondary N) is 1. The highest BCUT2D eigenvalue weighted by atomic mass is 31.2. The summed E-state index contributed by atoms with van der Waals surface area (Å²) in [6.45, 7) is 0.718. The Morgan fingerprint density at radius 3 is 2.45 bits per heavy atom. The number of methoxy groups -OCH3 is 2. The van der Waals surface area contributed by atoms with Gasteiger partial charge in [0, 0.05) is 17.9 Å². The Balaban J connectivity index is 2.17. The van der Waals surface area contributed by atoms with Gasteiger partial charge >= 0.3 is 7.75 Å². The van der Waals surface area contributed by atoms with E-state index in [1.165, 1.54) is 21.1 Å². The normalized spacial score (nSPS) is 28.0. The molecule has 0 radical (unpaired) electrons. The van der Waals surface area contributed by atoms with Crippen LogP contribution in [-0.2, 0) is 13.6 Å². The van der Waals surface area contributed by atoms with Crippen molar-refractivity contribution in [3.63, 3.8) is 0 Å². The van der Waals surface area contributed by atoms with Crippen molar-refractivity contribution in [2.75, 3.05) is 32.5 Å². The van der Waals surface area contributed by atoms with Crippen LogP contribution in [0.2, 0.25) is 0 Å². The molecule has 1 N–H and O–H groups in total. The molecule has 0 bridgehead atoms. The fraction of sp³-hybridized carbons (Fsp3) is 0.500. The molecule has 10 heteroatoms. The Morgan fingerprint density at radius 1 is 1.32 bits per heavy atom. The monoisotopic (exact) mass is 332 g/mol. The third-order valence-corrected chi connectivity index (χ3v) is 4.65. The molecule has 1 aromatic rings. The lowest BCUT2D eigenvalue weighted by molar-refractivity contribution is -0.572. The first-order valence-electron chi connectivity index (χ1n) is 6.36. The Bertz CT molecular complexity index is 609. The van der Waals surface area contributed by atoms with Gasteiger partial charge in [-0.25, -0.2) is 4.57 Å². The predicted octanol–water partition coefficient (Wildman–Crippen LogP) is 2.31. The molecular formula is C12H17N2O7P. The summed E-state index contributed by atoms with van der Waals surface area (Å²) < 4.78 is 33.0. The van der Waals surface area contributed by atoms with Gasteiger partial charge in [0.25, 0.3) is 5.54 Å². The topological polar surface area (TPSA) is 109 Å². The van der Waals surface area contributed by atoms with Gasteiger partial charge in [-0.2, -0.15) is 0 Å². The van der Waals surface area contributed by atoms with Crippen molar-refractivity contribution in [2.45, 2.75) is 12.5 Å². The average molecular weight is 332 g/mol. The highest BCUT2D eigenvalue weighted by Gasteiger charge is 2.48. The van der Waals surface area contributed by atoms with Gasteiger partial charge in [0.15, 0.2) is 0 Å². The van der Waals surface area contributed by atoms with E-state index in [-0.39, 0.29) is 13.2 Å². The third-order valence-electron chi connectivity index (χ3n) is 3.20. The summed E-state index contributed by atoms with van der Waals surface area (Å²) >= 11 is 0. The second kappa shape index (κ2) is 6.12. The van der Waals surface area contributed by atoms with Gasteiger partial charge < -0.3 is 9.47 Å². The lowest BCUT2D eigenvalue weighted by Gasteiger charge is -2.31. The maximum atomic E-state index is 12.5. The molecule has 1 saturated heterocycles. The number of anilines is 1. The summed E-state index contributed by atoms with van der Waals surface area (Å²) in [4.78, 5) is 10.4. The smallest absolute Gasteiger partial charge is 0.433 e. The lowest BCUT2D eigenvalue weighted by Crippen LogP contribution is -2.47. The van der Waals surface area contributed by atoms with E-state index in [1.807, 2.05) is 0 Å². The average Bonchev–Trinajstić information content (AvgIpc) is 2.50. The van der Waals surface area contributed by atoms with Crippen LogP contribution in [0.25, 0.3) is 0 Å². The first kappa shape index (κ1) is 16.5. The Morgan fingerprint density at radius 2 is 1.95 bits per heavy atom. The fourth-order valence-electron chi connectivity index (χ4n) is 1.75. The first-order chi connectivity index (χ1) is 10.3. The van der Waals surface area contributed by atoms with Crippen molar-refractivity contribution in [3.05, 3.63) is 28.3 Å². The number of rotatable bonds is 5. The number of benzene rings is 1. The molecule has 0 saturated carbocycles. The van der Waals surface area contributed by atoms with Gasteiger partial charge in [-0.3, -0.25) is 24.2 Å². The second-order valence-corrected chi connectivity index (χ2v) is 6.71. The van der Waals surface area contributed by atoms with E-state index in [4.69, 9.17) is 18.5 Å². The van der Waals surface area contributed by atoms with Crippen LogP contribution in [0.4, 0.5) is 5.69 Å².